The van der Waals surface area contributed by atoms with Crippen LogP contribution in [0.4, 0.5) is 11.4 Å². The molecule has 4 rings (SSSR count). The second-order valence-electron chi connectivity index (χ2n) is 5.65. The molecule has 0 atom stereocenters. The van der Waals surface area contributed by atoms with E-state index < -0.39 is 0 Å². The Morgan fingerprint density at radius 3 is 2.68 bits per heavy atom. The first-order valence-corrected chi connectivity index (χ1v) is 7.04. The van der Waals surface area contributed by atoms with Crippen LogP contribution in [0.15, 0.2) is 36.4 Å². The van der Waals surface area contributed by atoms with Gasteiger partial charge in [0.25, 0.3) is 0 Å². The molecule has 2 N–H and O–H groups in total. The van der Waals surface area contributed by atoms with Crippen LogP contribution >= 0.6 is 0 Å². The summed E-state index contributed by atoms with van der Waals surface area (Å²) in [6.45, 7) is 1.93. The number of benzene rings is 2. The molecule has 2 aliphatic rings. The molecule has 1 aliphatic carbocycles. The summed E-state index contributed by atoms with van der Waals surface area (Å²) in [5.74, 6) is 0. The van der Waals surface area contributed by atoms with E-state index in [2.05, 4.69) is 35.2 Å². The van der Waals surface area contributed by atoms with Gasteiger partial charge in [0.15, 0.2) is 0 Å². The van der Waals surface area contributed by atoms with E-state index in [1.165, 1.54) is 36.1 Å². The molecule has 0 aromatic heterocycles. The Kier molecular flexibility index (Phi) is 2.31. The van der Waals surface area contributed by atoms with Crippen molar-refractivity contribution in [3.8, 4) is 0 Å². The average molecular weight is 250 g/mol. The lowest BCUT2D eigenvalue weighted by Gasteiger charge is -2.19. The molecule has 0 fully saturated rings. The molecule has 2 aromatic carbocycles. The van der Waals surface area contributed by atoms with Gasteiger partial charge in [0.05, 0.1) is 0 Å². The van der Waals surface area contributed by atoms with Gasteiger partial charge in [0, 0.05) is 24.5 Å². The Morgan fingerprint density at radius 2 is 1.79 bits per heavy atom. The molecular formula is C17H18N2. The Labute approximate surface area is 113 Å². The van der Waals surface area contributed by atoms with Gasteiger partial charge in [-0.2, -0.15) is 0 Å². The van der Waals surface area contributed by atoms with E-state index in [9.17, 15) is 0 Å². The highest BCUT2D eigenvalue weighted by atomic mass is 15.1. The Bertz CT molecular complexity index is 646. The number of nitrogens with zero attached hydrogens (tertiary/aromatic N) is 1. The summed E-state index contributed by atoms with van der Waals surface area (Å²) < 4.78 is 0. The summed E-state index contributed by atoms with van der Waals surface area (Å²) in [6, 6.07) is 13.2. The van der Waals surface area contributed by atoms with Crippen LogP contribution in [0.3, 0.4) is 0 Å². The van der Waals surface area contributed by atoms with Crippen molar-refractivity contribution in [3.05, 3.63) is 58.7 Å². The Morgan fingerprint density at radius 1 is 0.895 bits per heavy atom. The maximum absolute atomic E-state index is 6.08. The molecule has 0 saturated carbocycles. The van der Waals surface area contributed by atoms with Crippen LogP contribution in [-0.4, -0.2) is 0 Å². The van der Waals surface area contributed by atoms with Gasteiger partial charge >= 0.3 is 0 Å². The lowest BCUT2D eigenvalue weighted by Crippen LogP contribution is -2.14. The predicted molar refractivity (Wildman–Crippen MR) is 79.2 cm³/mol. The van der Waals surface area contributed by atoms with E-state index in [4.69, 9.17) is 5.73 Å². The fraction of sp³-hybridized carbons (Fsp3) is 0.294. The SMILES string of the molecule is Nc1cccc2c1CN(c1ccc3c(c1)CCC3)C2. The van der Waals surface area contributed by atoms with E-state index in [0.29, 0.717) is 0 Å². The molecule has 0 radical (unpaired) electrons. The van der Waals surface area contributed by atoms with Crippen molar-refractivity contribution in [2.75, 3.05) is 10.6 Å². The number of anilines is 2. The molecule has 2 aromatic rings. The molecule has 1 aliphatic heterocycles. The molecule has 0 amide bonds. The van der Waals surface area contributed by atoms with Gasteiger partial charge in [-0.1, -0.05) is 18.2 Å². The third-order valence-corrected chi connectivity index (χ3v) is 4.47. The van der Waals surface area contributed by atoms with Gasteiger partial charge in [0.1, 0.15) is 0 Å². The molecule has 2 nitrogen and oxygen atoms in total. The van der Waals surface area contributed by atoms with E-state index in [1.54, 1.807) is 11.1 Å². The van der Waals surface area contributed by atoms with Crippen LogP contribution in [0.5, 0.6) is 0 Å². The maximum atomic E-state index is 6.08. The third kappa shape index (κ3) is 1.71. The Balaban J connectivity index is 1.68. The zero-order chi connectivity index (χ0) is 12.8. The molecule has 0 unspecified atom stereocenters. The smallest absolute Gasteiger partial charge is 0.0457 e. The molecule has 2 heteroatoms. The zero-order valence-electron chi connectivity index (χ0n) is 11.0. The standard InChI is InChI=1S/C17H18N2/c18-17-6-2-5-14-10-19(11-16(14)17)15-8-7-12-3-1-4-13(12)9-15/h2,5-9H,1,3-4,10-11,18H2. The number of fused-ring (bicyclic) bond motifs is 2. The maximum Gasteiger partial charge on any atom is 0.0457 e. The van der Waals surface area contributed by atoms with Crippen molar-refractivity contribution < 1.29 is 0 Å². The quantitative estimate of drug-likeness (QED) is 0.787. The van der Waals surface area contributed by atoms with E-state index in [-0.39, 0.29) is 0 Å². The van der Waals surface area contributed by atoms with Crippen LogP contribution in [0, 0.1) is 0 Å². The van der Waals surface area contributed by atoms with Crippen LogP contribution in [-0.2, 0) is 25.9 Å². The first-order valence-electron chi connectivity index (χ1n) is 7.04. The van der Waals surface area contributed by atoms with Crippen molar-refractivity contribution in [3.63, 3.8) is 0 Å². The second-order valence-corrected chi connectivity index (χ2v) is 5.65. The highest BCUT2D eigenvalue weighted by Gasteiger charge is 2.22. The molecule has 19 heavy (non-hydrogen) atoms. The minimum atomic E-state index is 0.932. The third-order valence-electron chi connectivity index (χ3n) is 4.47. The predicted octanol–water partition coefficient (Wildman–Crippen LogP) is 3.28. The molecule has 96 valence electrons. The van der Waals surface area contributed by atoms with Crippen LogP contribution in [0.25, 0.3) is 0 Å². The normalized spacial score (nSPS) is 16.5. The summed E-state index contributed by atoms with van der Waals surface area (Å²) in [4.78, 5) is 2.43. The zero-order valence-corrected chi connectivity index (χ0v) is 11.0. The summed E-state index contributed by atoms with van der Waals surface area (Å²) in [5.41, 5.74) is 14.1. The fourth-order valence-electron chi connectivity index (χ4n) is 3.39. The summed E-state index contributed by atoms with van der Waals surface area (Å²) in [5, 5.41) is 0. The topological polar surface area (TPSA) is 29.3 Å². The minimum absolute atomic E-state index is 0.932. The molecule has 1 heterocycles. The molecular weight excluding hydrogens is 232 g/mol. The number of aryl methyl sites for hydroxylation is 2. The Hall–Kier alpha value is -1.96. The van der Waals surface area contributed by atoms with Crippen molar-refractivity contribution >= 4 is 11.4 Å². The summed E-state index contributed by atoms with van der Waals surface area (Å²) in [7, 11) is 0. The first-order chi connectivity index (χ1) is 9.31. The summed E-state index contributed by atoms with van der Waals surface area (Å²) >= 11 is 0. The van der Waals surface area contributed by atoms with Gasteiger partial charge in [-0.3, -0.25) is 0 Å². The average Bonchev–Trinajstić information content (AvgIpc) is 3.04. The lowest BCUT2D eigenvalue weighted by molar-refractivity contribution is 0.878. The first kappa shape index (κ1) is 10.9. The van der Waals surface area contributed by atoms with E-state index >= 15 is 0 Å². The van der Waals surface area contributed by atoms with Gasteiger partial charge < -0.3 is 10.6 Å². The number of nitrogen functional groups attached to an aromatic ring is 1. The van der Waals surface area contributed by atoms with Crippen LogP contribution in [0.2, 0.25) is 0 Å². The van der Waals surface area contributed by atoms with Crippen LogP contribution in [0.1, 0.15) is 28.7 Å². The van der Waals surface area contributed by atoms with Crippen molar-refractivity contribution in [1.29, 1.82) is 0 Å². The molecule has 0 bridgehead atoms. The lowest BCUT2D eigenvalue weighted by atomic mass is 10.1. The number of rotatable bonds is 1. The second kappa shape index (κ2) is 4.02. The number of hydrogen-bond acceptors (Lipinski definition) is 2. The fourth-order valence-corrected chi connectivity index (χ4v) is 3.39. The van der Waals surface area contributed by atoms with Crippen molar-refractivity contribution in [1.82, 2.24) is 0 Å². The van der Waals surface area contributed by atoms with Gasteiger partial charge in [-0.25, -0.2) is 0 Å². The molecule has 0 saturated heterocycles. The highest BCUT2D eigenvalue weighted by Crippen LogP contribution is 2.33. The number of hydrogen-bond donors (Lipinski definition) is 1. The highest BCUT2D eigenvalue weighted by molar-refractivity contribution is 5.61. The number of nitrogens with two attached hydrogens (primary N) is 1. The summed E-state index contributed by atoms with van der Waals surface area (Å²) in [6.07, 6.45) is 3.81. The van der Waals surface area contributed by atoms with Crippen molar-refractivity contribution in [2.45, 2.75) is 32.4 Å². The van der Waals surface area contributed by atoms with Gasteiger partial charge in [-0.15, -0.1) is 0 Å². The minimum Gasteiger partial charge on any atom is -0.398 e. The van der Waals surface area contributed by atoms with Crippen LogP contribution < -0.4 is 10.6 Å². The van der Waals surface area contributed by atoms with E-state index in [0.717, 1.165) is 18.8 Å². The van der Waals surface area contributed by atoms with Gasteiger partial charge in [0.2, 0.25) is 0 Å². The van der Waals surface area contributed by atoms with Crippen molar-refractivity contribution in [2.24, 2.45) is 0 Å². The van der Waals surface area contributed by atoms with E-state index in [1.807, 2.05) is 6.07 Å². The van der Waals surface area contributed by atoms with Gasteiger partial charge in [-0.05, 0) is 59.7 Å². The molecule has 0 spiro atoms. The monoisotopic (exact) mass is 250 g/mol. The largest absolute Gasteiger partial charge is 0.398 e.